The third-order valence-corrected chi connectivity index (χ3v) is 6.37. The van der Waals surface area contributed by atoms with Gasteiger partial charge >= 0.3 is 0 Å². The van der Waals surface area contributed by atoms with Crippen molar-refractivity contribution in [3.05, 3.63) is 40.4 Å². The molecule has 112 valence electrons. The fourth-order valence-electron chi connectivity index (χ4n) is 2.52. The van der Waals surface area contributed by atoms with Crippen LogP contribution in [-0.2, 0) is 10.0 Å². The van der Waals surface area contributed by atoms with Gasteiger partial charge in [0.25, 0.3) is 0 Å². The molecular formula is C13H14ClN3O2S2. The molecule has 0 saturated carbocycles. The Bertz CT molecular complexity index is 743. The van der Waals surface area contributed by atoms with Crippen LogP contribution in [0.5, 0.6) is 0 Å². The first-order valence-corrected chi connectivity index (χ1v) is 9.16. The highest BCUT2D eigenvalue weighted by Crippen LogP contribution is 2.37. The lowest BCUT2D eigenvalue weighted by Gasteiger charge is -2.22. The van der Waals surface area contributed by atoms with Gasteiger partial charge in [-0.05, 0) is 37.1 Å². The molecule has 2 N–H and O–H groups in total. The maximum absolute atomic E-state index is 12.8. The Labute approximate surface area is 132 Å². The minimum atomic E-state index is -3.55. The number of nitrogen functional groups attached to an aromatic ring is 1. The van der Waals surface area contributed by atoms with Crippen molar-refractivity contribution in [1.82, 2.24) is 9.29 Å². The summed E-state index contributed by atoms with van der Waals surface area (Å²) in [6, 6.07) is 5.99. The zero-order chi connectivity index (χ0) is 15.0. The molecule has 0 unspecified atom stereocenters. The zero-order valence-electron chi connectivity index (χ0n) is 11.1. The standard InChI is InChI=1S/C13H14ClN3O2S2/c14-9-3-5-10(6-4-9)21(18,19)17-7-1-2-12(17)11-8-20-13(15)16-11/h3-6,8,12H,1-2,7H2,(H2,15,16)/t12-/m1/s1. The van der Waals surface area contributed by atoms with E-state index in [-0.39, 0.29) is 10.9 Å². The molecule has 2 heterocycles. The predicted octanol–water partition coefficient (Wildman–Crippen LogP) is 2.90. The van der Waals surface area contributed by atoms with E-state index >= 15 is 0 Å². The lowest BCUT2D eigenvalue weighted by molar-refractivity contribution is 0.392. The van der Waals surface area contributed by atoms with Gasteiger partial charge in [-0.2, -0.15) is 4.31 Å². The maximum Gasteiger partial charge on any atom is 0.243 e. The fraction of sp³-hybridized carbons (Fsp3) is 0.308. The molecule has 21 heavy (non-hydrogen) atoms. The van der Waals surface area contributed by atoms with Gasteiger partial charge in [0.15, 0.2) is 5.13 Å². The molecule has 8 heteroatoms. The fourth-order valence-corrected chi connectivity index (χ4v) is 4.92. The highest BCUT2D eigenvalue weighted by Gasteiger charge is 2.37. The number of nitrogens with zero attached hydrogens (tertiary/aromatic N) is 2. The molecule has 1 saturated heterocycles. The third-order valence-electron chi connectivity index (χ3n) is 3.51. The Morgan fingerprint density at radius 3 is 2.67 bits per heavy atom. The maximum atomic E-state index is 12.8. The summed E-state index contributed by atoms with van der Waals surface area (Å²) in [5, 5.41) is 2.80. The summed E-state index contributed by atoms with van der Waals surface area (Å²) in [6.07, 6.45) is 1.57. The number of hydrogen-bond donors (Lipinski definition) is 1. The minimum Gasteiger partial charge on any atom is -0.375 e. The van der Waals surface area contributed by atoms with Crippen LogP contribution in [0.25, 0.3) is 0 Å². The molecule has 1 aromatic carbocycles. The number of rotatable bonds is 3. The topological polar surface area (TPSA) is 76.3 Å². The van der Waals surface area contributed by atoms with Gasteiger partial charge < -0.3 is 5.73 Å². The predicted molar refractivity (Wildman–Crippen MR) is 83.8 cm³/mol. The SMILES string of the molecule is Nc1nc([C@H]2CCCN2S(=O)(=O)c2ccc(Cl)cc2)cs1. The molecule has 2 aromatic rings. The van der Waals surface area contributed by atoms with Crippen molar-refractivity contribution in [2.45, 2.75) is 23.8 Å². The van der Waals surface area contributed by atoms with Crippen molar-refractivity contribution < 1.29 is 8.42 Å². The number of aromatic nitrogens is 1. The van der Waals surface area contributed by atoms with Crippen molar-refractivity contribution in [3.8, 4) is 0 Å². The first kappa shape index (κ1) is 14.8. The van der Waals surface area contributed by atoms with Gasteiger partial charge in [0.1, 0.15) is 0 Å². The second-order valence-corrected chi connectivity index (χ2v) is 8.05. The monoisotopic (exact) mass is 343 g/mol. The number of nitrogens with two attached hydrogens (primary N) is 1. The first-order valence-electron chi connectivity index (χ1n) is 6.47. The molecule has 0 radical (unpaired) electrons. The average Bonchev–Trinajstić information content (AvgIpc) is 3.07. The number of thiazole rings is 1. The smallest absolute Gasteiger partial charge is 0.243 e. The van der Waals surface area contributed by atoms with Crippen molar-refractivity contribution in [3.63, 3.8) is 0 Å². The van der Waals surface area contributed by atoms with Gasteiger partial charge in [0.05, 0.1) is 16.6 Å². The van der Waals surface area contributed by atoms with E-state index < -0.39 is 10.0 Å². The van der Waals surface area contributed by atoms with E-state index in [1.54, 1.807) is 12.1 Å². The molecule has 0 bridgehead atoms. The van der Waals surface area contributed by atoms with Gasteiger partial charge in [-0.1, -0.05) is 11.6 Å². The van der Waals surface area contributed by atoms with E-state index in [1.807, 2.05) is 5.38 Å². The Morgan fingerprint density at radius 1 is 1.33 bits per heavy atom. The Hall–Kier alpha value is -1.15. The summed E-state index contributed by atoms with van der Waals surface area (Å²) in [7, 11) is -3.55. The summed E-state index contributed by atoms with van der Waals surface area (Å²) in [4.78, 5) is 4.49. The van der Waals surface area contributed by atoms with Crippen LogP contribution in [0.2, 0.25) is 5.02 Å². The largest absolute Gasteiger partial charge is 0.375 e. The van der Waals surface area contributed by atoms with E-state index in [1.165, 1.54) is 27.8 Å². The summed E-state index contributed by atoms with van der Waals surface area (Å²) in [6.45, 7) is 0.493. The van der Waals surface area contributed by atoms with Gasteiger partial charge in [0.2, 0.25) is 10.0 Å². The van der Waals surface area contributed by atoms with Gasteiger partial charge in [-0.25, -0.2) is 13.4 Å². The van der Waals surface area contributed by atoms with Crippen LogP contribution in [-0.4, -0.2) is 24.3 Å². The van der Waals surface area contributed by atoms with Gasteiger partial charge in [0, 0.05) is 16.9 Å². The minimum absolute atomic E-state index is 0.237. The van der Waals surface area contributed by atoms with Gasteiger partial charge in [-0.15, -0.1) is 11.3 Å². The van der Waals surface area contributed by atoms with E-state index in [9.17, 15) is 8.42 Å². The lowest BCUT2D eigenvalue weighted by atomic mass is 10.2. The Balaban J connectivity index is 1.96. The number of benzene rings is 1. The second-order valence-electron chi connectivity index (χ2n) is 4.84. The summed E-state index contributed by atoms with van der Waals surface area (Å²) < 4.78 is 27.0. The van der Waals surface area contributed by atoms with Crippen LogP contribution < -0.4 is 5.73 Å². The molecule has 1 fully saturated rings. The molecule has 0 spiro atoms. The summed E-state index contributed by atoms with van der Waals surface area (Å²) in [5.74, 6) is 0. The molecule has 0 aliphatic carbocycles. The van der Waals surface area contributed by atoms with Crippen molar-refractivity contribution in [1.29, 1.82) is 0 Å². The van der Waals surface area contributed by atoms with Gasteiger partial charge in [-0.3, -0.25) is 0 Å². The summed E-state index contributed by atoms with van der Waals surface area (Å²) in [5.41, 5.74) is 6.38. The van der Waals surface area contributed by atoms with Crippen LogP contribution in [0, 0.1) is 0 Å². The van der Waals surface area contributed by atoms with Crippen LogP contribution in [0.4, 0.5) is 5.13 Å². The molecule has 1 aliphatic heterocycles. The zero-order valence-corrected chi connectivity index (χ0v) is 13.5. The van der Waals surface area contributed by atoms with E-state index in [0.717, 1.165) is 18.5 Å². The number of anilines is 1. The highest BCUT2D eigenvalue weighted by molar-refractivity contribution is 7.89. The third kappa shape index (κ3) is 2.78. The van der Waals surface area contributed by atoms with Crippen molar-refractivity contribution in [2.24, 2.45) is 0 Å². The van der Waals surface area contributed by atoms with E-state index in [4.69, 9.17) is 17.3 Å². The molecule has 1 aromatic heterocycles. The molecule has 1 atom stereocenters. The second kappa shape index (κ2) is 5.57. The molecular weight excluding hydrogens is 330 g/mol. The molecule has 1 aliphatic rings. The van der Waals surface area contributed by atoms with Crippen molar-refractivity contribution in [2.75, 3.05) is 12.3 Å². The van der Waals surface area contributed by atoms with Crippen LogP contribution in [0.3, 0.4) is 0 Å². The average molecular weight is 344 g/mol. The normalized spacial score (nSPS) is 20.0. The molecule has 5 nitrogen and oxygen atoms in total. The Morgan fingerprint density at radius 2 is 2.05 bits per heavy atom. The highest BCUT2D eigenvalue weighted by atomic mass is 35.5. The van der Waals surface area contributed by atoms with Crippen LogP contribution in [0.15, 0.2) is 34.5 Å². The Kier molecular flexibility index (Phi) is 3.92. The number of sulfonamides is 1. The molecule has 3 rings (SSSR count). The van der Waals surface area contributed by atoms with Crippen LogP contribution >= 0.6 is 22.9 Å². The quantitative estimate of drug-likeness (QED) is 0.929. The first-order chi connectivity index (χ1) is 9.98. The summed E-state index contributed by atoms with van der Waals surface area (Å²) >= 11 is 7.15. The molecule has 0 amide bonds. The lowest BCUT2D eigenvalue weighted by Crippen LogP contribution is -2.30. The van der Waals surface area contributed by atoms with Crippen LogP contribution in [0.1, 0.15) is 24.6 Å². The van der Waals surface area contributed by atoms with Crippen molar-refractivity contribution >= 4 is 38.1 Å². The number of hydrogen-bond acceptors (Lipinski definition) is 5. The van der Waals surface area contributed by atoms with E-state index in [0.29, 0.717) is 16.7 Å². The number of halogens is 1. The van der Waals surface area contributed by atoms with E-state index in [2.05, 4.69) is 4.98 Å².